The lowest BCUT2D eigenvalue weighted by atomic mass is 10.1. The maximum atomic E-state index is 12.9. The molecule has 0 saturated carbocycles. The highest BCUT2D eigenvalue weighted by molar-refractivity contribution is 5.99. The Hall–Kier alpha value is -2.96. The Balaban J connectivity index is 1.54. The molecule has 2 aromatic carbocycles. The molecule has 0 spiro atoms. The third-order valence-corrected chi connectivity index (χ3v) is 4.95. The molecule has 1 aliphatic heterocycles. The monoisotopic (exact) mass is 375 g/mol. The van der Waals surface area contributed by atoms with Crippen LogP contribution in [-0.2, 0) is 0 Å². The predicted octanol–water partition coefficient (Wildman–Crippen LogP) is 2.17. The van der Waals surface area contributed by atoms with Crippen LogP contribution >= 0.6 is 0 Å². The van der Waals surface area contributed by atoms with Crippen LogP contribution in [0.1, 0.15) is 10.4 Å². The maximum Gasteiger partial charge on any atom is 0.255 e. The van der Waals surface area contributed by atoms with Crippen molar-refractivity contribution >= 4 is 5.91 Å². The minimum absolute atomic E-state index is 0.0869. The lowest BCUT2D eigenvalue weighted by Gasteiger charge is -2.27. The van der Waals surface area contributed by atoms with Crippen molar-refractivity contribution in [2.75, 3.05) is 39.3 Å². The van der Waals surface area contributed by atoms with Gasteiger partial charge in [-0.2, -0.15) is 5.10 Å². The van der Waals surface area contributed by atoms with Crippen LogP contribution in [0.3, 0.4) is 0 Å². The number of piperazine rings is 1. The highest BCUT2D eigenvalue weighted by atomic mass is 16.1. The molecule has 3 aromatic rings. The molecular formula is C22H25N5O. The summed E-state index contributed by atoms with van der Waals surface area (Å²) >= 11 is 0. The number of benzene rings is 2. The van der Waals surface area contributed by atoms with Crippen molar-refractivity contribution in [3.05, 3.63) is 72.4 Å². The minimum atomic E-state index is -0.0869. The van der Waals surface area contributed by atoms with Crippen molar-refractivity contribution < 1.29 is 4.79 Å². The van der Waals surface area contributed by atoms with E-state index < -0.39 is 0 Å². The van der Waals surface area contributed by atoms with Crippen molar-refractivity contribution in [1.82, 2.24) is 25.3 Å². The second kappa shape index (κ2) is 8.82. The number of nitrogens with zero attached hydrogens (tertiary/aromatic N) is 3. The van der Waals surface area contributed by atoms with Gasteiger partial charge in [0, 0.05) is 51.0 Å². The smallest absolute Gasteiger partial charge is 0.255 e. The number of carbonyl (C=O) groups excluding carboxylic acids is 1. The van der Waals surface area contributed by atoms with Crippen molar-refractivity contribution in [3.8, 4) is 16.9 Å². The third-order valence-electron chi connectivity index (χ3n) is 4.95. The highest BCUT2D eigenvalue weighted by Crippen LogP contribution is 2.23. The Morgan fingerprint density at radius 2 is 1.68 bits per heavy atom. The second-order valence-electron chi connectivity index (χ2n) is 6.89. The Morgan fingerprint density at radius 3 is 2.39 bits per heavy atom. The van der Waals surface area contributed by atoms with Crippen molar-refractivity contribution in [2.45, 2.75) is 0 Å². The fraction of sp³-hybridized carbons (Fsp3) is 0.273. The van der Waals surface area contributed by atoms with Gasteiger partial charge < -0.3 is 10.6 Å². The molecule has 1 aliphatic rings. The van der Waals surface area contributed by atoms with Crippen LogP contribution in [0.25, 0.3) is 16.9 Å². The standard InChI is InChI=1S/C22H25N5O/c28-22(24-13-16-26-14-11-23-12-15-26)20-17-27(19-9-5-2-6-10-19)25-21(20)18-7-3-1-4-8-18/h1-10,17,23H,11-16H2,(H,24,28). The van der Waals surface area contributed by atoms with Crippen LogP contribution in [0.4, 0.5) is 0 Å². The Morgan fingerprint density at radius 1 is 1.00 bits per heavy atom. The summed E-state index contributed by atoms with van der Waals surface area (Å²) in [6.07, 6.45) is 1.82. The number of aromatic nitrogens is 2. The van der Waals surface area contributed by atoms with Crippen molar-refractivity contribution in [2.24, 2.45) is 0 Å². The fourth-order valence-corrected chi connectivity index (χ4v) is 3.42. The fourth-order valence-electron chi connectivity index (χ4n) is 3.42. The number of carbonyl (C=O) groups is 1. The van der Waals surface area contributed by atoms with E-state index in [1.165, 1.54) is 0 Å². The zero-order valence-electron chi connectivity index (χ0n) is 15.8. The van der Waals surface area contributed by atoms with Crippen LogP contribution in [0.2, 0.25) is 0 Å². The van der Waals surface area contributed by atoms with Crippen LogP contribution < -0.4 is 10.6 Å². The lowest BCUT2D eigenvalue weighted by molar-refractivity contribution is 0.0948. The molecular weight excluding hydrogens is 350 g/mol. The molecule has 0 atom stereocenters. The van der Waals surface area contributed by atoms with E-state index in [1.807, 2.05) is 66.9 Å². The van der Waals surface area contributed by atoms with Crippen LogP contribution in [0.5, 0.6) is 0 Å². The first-order valence-electron chi connectivity index (χ1n) is 9.73. The average Bonchev–Trinajstić information content (AvgIpc) is 3.21. The summed E-state index contributed by atoms with van der Waals surface area (Å²) in [7, 11) is 0. The number of para-hydroxylation sites is 1. The number of nitrogens with one attached hydrogen (secondary N) is 2. The first-order valence-corrected chi connectivity index (χ1v) is 9.73. The quantitative estimate of drug-likeness (QED) is 0.693. The van der Waals surface area contributed by atoms with Gasteiger partial charge in [0.25, 0.3) is 5.91 Å². The highest BCUT2D eigenvalue weighted by Gasteiger charge is 2.19. The molecule has 2 N–H and O–H groups in total. The van der Waals surface area contributed by atoms with Gasteiger partial charge in [0.2, 0.25) is 0 Å². The normalized spacial score (nSPS) is 14.7. The van der Waals surface area contributed by atoms with Gasteiger partial charge >= 0.3 is 0 Å². The molecule has 1 aromatic heterocycles. The predicted molar refractivity (Wildman–Crippen MR) is 111 cm³/mol. The van der Waals surface area contributed by atoms with Gasteiger partial charge in [-0.15, -0.1) is 0 Å². The average molecular weight is 375 g/mol. The first-order chi connectivity index (χ1) is 13.8. The van der Waals surface area contributed by atoms with E-state index in [2.05, 4.69) is 15.5 Å². The summed E-state index contributed by atoms with van der Waals surface area (Å²) in [6.45, 7) is 5.56. The molecule has 0 unspecified atom stereocenters. The number of hydrogen-bond donors (Lipinski definition) is 2. The number of rotatable bonds is 6. The van der Waals surface area contributed by atoms with Crippen LogP contribution in [0, 0.1) is 0 Å². The third kappa shape index (κ3) is 4.30. The molecule has 0 aliphatic carbocycles. The Bertz CT molecular complexity index is 901. The topological polar surface area (TPSA) is 62.2 Å². The van der Waals surface area contributed by atoms with Crippen molar-refractivity contribution in [1.29, 1.82) is 0 Å². The second-order valence-corrected chi connectivity index (χ2v) is 6.89. The summed E-state index contributed by atoms with van der Waals surface area (Å²) in [6, 6.07) is 19.7. The van der Waals surface area contributed by atoms with Gasteiger partial charge in [0.15, 0.2) is 0 Å². The maximum absolute atomic E-state index is 12.9. The van der Waals surface area contributed by atoms with E-state index in [4.69, 9.17) is 5.10 Å². The molecule has 1 fully saturated rings. The summed E-state index contributed by atoms with van der Waals surface area (Å²) in [5.74, 6) is -0.0869. The minimum Gasteiger partial charge on any atom is -0.351 e. The molecule has 6 nitrogen and oxygen atoms in total. The zero-order valence-corrected chi connectivity index (χ0v) is 15.8. The van der Waals surface area contributed by atoms with E-state index in [0.29, 0.717) is 17.8 Å². The van der Waals surface area contributed by atoms with E-state index >= 15 is 0 Å². The van der Waals surface area contributed by atoms with E-state index in [0.717, 1.165) is 44.0 Å². The van der Waals surface area contributed by atoms with E-state index in [1.54, 1.807) is 4.68 Å². The summed E-state index contributed by atoms with van der Waals surface area (Å²) in [5, 5.41) is 11.1. The molecule has 2 heterocycles. The summed E-state index contributed by atoms with van der Waals surface area (Å²) in [4.78, 5) is 15.3. The van der Waals surface area contributed by atoms with Crippen LogP contribution in [-0.4, -0.2) is 59.9 Å². The largest absolute Gasteiger partial charge is 0.351 e. The molecule has 1 amide bonds. The Kier molecular flexibility index (Phi) is 5.80. The van der Waals surface area contributed by atoms with E-state index in [-0.39, 0.29) is 5.91 Å². The van der Waals surface area contributed by atoms with Crippen molar-refractivity contribution in [3.63, 3.8) is 0 Å². The molecule has 144 valence electrons. The number of amides is 1. The van der Waals surface area contributed by atoms with Gasteiger partial charge in [0.1, 0.15) is 5.69 Å². The molecule has 0 bridgehead atoms. The van der Waals surface area contributed by atoms with E-state index in [9.17, 15) is 4.79 Å². The lowest BCUT2D eigenvalue weighted by Crippen LogP contribution is -2.46. The zero-order chi connectivity index (χ0) is 19.2. The van der Waals surface area contributed by atoms with Gasteiger partial charge in [-0.3, -0.25) is 9.69 Å². The molecule has 1 saturated heterocycles. The van der Waals surface area contributed by atoms with Gasteiger partial charge in [-0.1, -0.05) is 48.5 Å². The first kappa shape index (κ1) is 18.4. The van der Waals surface area contributed by atoms with Gasteiger partial charge in [-0.25, -0.2) is 4.68 Å². The number of hydrogen-bond acceptors (Lipinski definition) is 4. The van der Waals surface area contributed by atoms with Gasteiger partial charge in [0.05, 0.1) is 11.3 Å². The molecule has 4 rings (SSSR count). The molecule has 6 heteroatoms. The Labute approximate surface area is 165 Å². The van der Waals surface area contributed by atoms with Crippen LogP contribution in [0.15, 0.2) is 66.9 Å². The molecule has 0 radical (unpaired) electrons. The summed E-state index contributed by atoms with van der Waals surface area (Å²) < 4.78 is 1.77. The molecule has 28 heavy (non-hydrogen) atoms. The SMILES string of the molecule is O=C(NCCN1CCNCC1)c1cn(-c2ccccc2)nc1-c1ccccc1. The summed E-state index contributed by atoms with van der Waals surface area (Å²) in [5.41, 5.74) is 3.16. The van der Waals surface area contributed by atoms with Gasteiger partial charge in [-0.05, 0) is 12.1 Å².